The summed E-state index contributed by atoms with van der Waals surface area (Å²) in [5.41, 5.74) is 2.17. The van der Waals surface area contributed by atoms with E-state index in [4.69, 9.17) is 11.6 Å². The van der Waals surface area contributed by atoms with Crippen LogP contribution in [0.2, 0.25) is 5.15 Å². The van der Waals surface area contributed by atoms with Crippen LogP contribution in [0.3, 0.4) is 0 Å². The van der Waals surface area contributed by atoms with Crippen LogP contribution in [0.4, 0.5) is 5.69 Å². The van der Waals surface area contributed by atoms with Crippen LogP contribution in [0.5, 0.6) is 0 Å². The molecule has 0 radical (unpaired) electrons. The van der Waals surface area contributed by atoms with Crippen molar-refractivity contribution in [3.63, 3.8) is 0 Å². The second kappa shape index (κ2) is 6.34. The number of Topliss-reactive ketones (excluding diaryl/α,β-unsaturated/α-hetero) is 2. The number of nitrogens with one attached hydrogen (secondary N) is 1. The van der Waals surface area contributed by atoms with Crippen LogP contribution < -0.4 is 5.32 Å². The molecule has 2 heterocycles. The molecule has 0 saturated carbocycles. The molecule has 1 N–H and O–H groups in total. The number of nitrogens with zero attached hydrogens (tertiary/aromatic N) is 2. The van der Waals surface area contributed by atoms with Gasteiger partial charge in [0.15, 0.2) is 0 Å². The molecule has 0 atom stereocenters. The summed E-state index contributed by atoms with van der Waals surface area (Å²) in [6.07, 6.45) is 1.48. The summed E-state index contributed by atoms with van der Waals surface area (Å²) in [6, 6.07) is 3.13. The van der Waals surface area contributed by atoms with Crippen LogP contribution in [0.25, 0.3) is 0 Å². The number of hydrogen-bond acceptors (Lipinski definition) is 4. The van der Waals surface area contributed by atoms with E-state index < -0.39 is 11.6 Å². The summed E-state index contributed by atoms with van der Waals surface area (Å²) < 4.78 is 1.56. The highest BCUT2D eigenvalue weighted by molar-refractivity contribution is 6.43. The quantitative estimate of drug-likeness (QED) is 0.530. The third kappa shape index (κ3) is 3.17. The lowest BCUT2D eigenvalue weighted by Crippen LogP contribution is -2.16. The van der Waals surface area contributed by atoms with Gasteiger partial charge in [-0.05, 0) is 31.5 Å². The zero-order valence-electron chi connectivity index (χ0n) is 13.2. The maximum atomic E-state index is 12.5. The first-order valence-electron chi connectivity index (χ1n) is 6.88. The molecule has 6 nitrogen and oxygen atoms in total. The van der Waals surface area contributed by atoms with Crippen molar-refractivity contribution in [1.29, 1.82) is 0 Å². The number of rotatable bonds is 4. The van der Waals surface area contributed by atoms with Crippen molar-refractivity contribution >= 4 is 34.8 Å². The van der Waals surface area contributed by atoms with Crippen molar-refractivity contribution in [2.24, 2.45) is 7.05 Å². The Hall–Kier alpha value is -2.47. The van der Waals surface area contributed by atoms with Gasteiger partial charge in [-0.25, -0.2) is 4.98 Å². The minimum absolute atomic E-state index is 0.230. The average Bonchev–Trinajstić information content (AvgIpc) is 2.68. The van der Waals surface area contributed by atoms with Crippen molar-refractivity contribution in [3.8, 4) is 0 Å². The van der Waals surface area contributed by atoms with Crippen LogP contribution in [-0.4, -0.2) is 27.0 Å². The molecule has 0 unspecified atom stereocenters. The Morgan fingerprint density at radius 1 is 1.26 bits per heavy atom. The number of carbonyl (C=O) groups is 3. The Balaban J connectivity index is 2.44. The fourth-order valence-electron chi connectivity index (χ4n) is 2.47. The molecular formula is C16H16ClN3O3. The van der Waals surface area contributed by atoms with Gasteiger partial charge in [0.05, 0.1) is 11.3 Å². The molecule has 2 aromatic heterocycles. The number of anilines is 1. The lowest BCUT2D eigenvalue weighted by molar-refractivity contribution is -0.113. The molecule has 0 aromatic carbocycles. The number of halogens is 1. The Bertz CT molecular complexity index is 824. The summed E-state index contributed by atoms with van der Waals surface area (Å²) in [6.45, 7) is 4.58. The Labute approximate surface area is 138 Å². The van der Waals surface area contributed by atoms with Crippen LogP contribution in [0.15, 0.2) is 18.3 Å². The molecule has 0 aliphatic carbocycles. The van der Waals surface area contributed by atoms with Crippen molar-refractivity contribution in [3.05, 3.63) is 46.0 Å². The highest BCUT2D eigenvalue weighted by Gasteiger charge is 2.26. The number of pyridine rings is 1. The molecule has 2 rings (SSSR count). The van der Waals surface area contributed by atoms with E-state index in [-0.39, 0.29) is 16.8 Å². The number of aromatic nitrogens is 2. The van der Waals surface area contributed by atoms with E-state index in [9.17, 15) is 14.4 Å². The predicted octanol–water partition coefficient (Wildman–Crippen LogP) is 2.71. The van der Waals surface area contributed by atoms with E-state index in [0.29, 0.717) is 22.5 Å². The Kier molecular flexibility index (Phi) is 4.65. The largest absolute Gasteiger partial charge is 0.344 e. The van der Waals surface area contributed by atoms with Gasteiger partial charge >= 0.3 is 0 Å². The molecule has 1 amide bonds. The van der Waals surface area contributed by atoms with Crippen LogP contribution >= 0.6 is 11.6 Å². The number of carbonyl (C=O) groups excluding carboxylic acids is 3. The van der Waals surface area contributed by atoms with Gasteiger partial charge < -0.3 is 9.88 Å². The van der Waals surface area contributed by atoms with E-state index >= 15 is 0 Å². The van der Waals surface area contributed by atoms with Gasteiger partial charge in [-0.15, -0.1) is 0 Å². The van der Waals surface area contributed by atoms with Crippen molar-refractivity contribution < 1.29 is 14.4 Å². The predicted molar refractivity (Wildman–Crippen MR) is 87.1 cm³/mol. The SMILES string of the molecule is CC(=O)C(=O)c1c(C)c(C(=O)Nc2ccnc(Cl)c2)c(C)n1C. The maximum Gasteiger partial charge on any atom is 0.257 e. The molecule has 0 bridgehead atoms. The fourth-order valence-corrected chi connectivity index (χ4v) is 2.65. The summed E-state index contributed by atoms with van der Waals surface area (Å²) >= 11 is 5.79. The maximum absolute atomic E-state index is 12.5. The first kappa shape index (κ1) is 16.9. The molecule has 0 fully saturated rings. The van der Waals surface area contributed by atoms with Crippen molar-refractivity contribution in [1.82, 2.24) is 9.55 Å². The third-order valence-electron chi connectivity index (χ3n) is 3.68. The van der Waals surface area contributed by atoms with Crippen LogP contribution in [0, 0.1) is 13.8 Å². The molecular weight excluding hydrogens is 318 g/mol. The first-order valence-corrected chi connectivity index (χ1v) is 7.25. The van der Waals surface area contributed by atoms with Gasteiger partial charge in [-0.1, -0.05) is 11.6 Å². The first-order chi connectivity index (χ1) is 10.7. The highest BCUT2D eigenvalue weighted by atomic mass is 35.5. The summed E-state index contributed by atoms with van der Waals surface area (Å²) in [4.78, 5) is 39.8. The van der Waals surface area contributed by atoms with E-state index in [1.165, 1.54) is 19.2 Å². The minimum Gasteiger partial charge on any atom is -0.344 e. The topological polar surface area (TPSA) is 81.1 Å². The van der Waals surface area contributed by atoms with Gasteiger partial charge in [0.2, 0.25) is 11.6 Å². The fraction of sp³-hybridized carbons (Fsp3) is 0.250. The van der Waals surface area contributed by atoms with Gasteiger partial charge in [-0.2, -0.15) is 0 Å². The molecule has 23 heavy (non-hydrogen) atoms. The zero-order valence-corrected chi connectivity index (χ0v) is 14.0. The number of ketones is 2. The minimum atomic E-state index is -0.612. The standard InChI is InChI=1S/C16H16ClN3O3/c1-8-13(9(2)20(4)14(8)15(22)10(3)21)16(23)19-11-5-6-18-12(17)7-11/h5-7H,1-4H3,(H,18,19,23). The summed E-state index contributed by atoms with van der Waals surface area (Å²) in [7, 11) is 1.65. The second-order valence-corrected chi connectivity index (χ2v) is 5.59. The van der Waals surface area contributed by atoms with Gasteiger partial charge in [0.1, 0.15) is 5.15 Å². The molecule has 7 heteroatoms. The van der Waals surface area contributed by atoms with E-state index in [1.807, 2.05) is 0 Å². The lowest BCUT2D eigenvalue weighted by Gasteiger charge is -2.06. The molecule has 120 valence electrons. The van der Waals surface area contributed by atoms with Crippen LogP contribution in [-0.2, 0) is 11.8 Å². The Morgan fingerprint density at radius 2 is 1.91 bits per heavy atom. The average molecular weight is 334 g/mol. The molecule has 0 aliphatic rings. The monoisotopic (exact) mass is 333 g/mol. The van der Waals surface area contributed by atoms with Gasteiger partial charge in [-0.3, -0.25) is 14.4 Å². The zero-order chi connectivity index (χ0) is 17.3. The van der Waals surface area contributed by atoms with Crippen molar-refractivity contribution in [2.75, 3.05) is 5.32 Å². The van der Waals surface area contributed by atoms with E-state index in [1.54, 1.807) is 31.5 Å². The molecule has 0 aliphatic heterocycles. The number of hydrogen-bond donors (Lipinski definition) is 1. The molecule has 0 saturated heterocycles. The Morgan fingerprint density at radius 3 is 2.48 bits per heavy atom. The summed E-state index contributed by atoms with van der Waals surface area (Å²) in [5.74, 6) is -1.55. The normalized spacial score (nSPS) is 10.5. The van der Waals surface area contributed by atoms with E-state index in [0.717, 1.165) is 0 Å². The van der Waals surface area contributed by atoms with Gasteiger partial charge in [0.25, 0.3) is 5.91 Å². The number of amides is 1. The van der Waals surface area contributed by atoms with Crippen molar-refractivity contribution in [2.45, 2.75) is 20.8 Å². The lowest BCUT2D eigenvalue weighted by atomic mass is 10.1. The smallest absolute Gasteiger partial charge is 0.257 e. The van der Waals surface area contributed by atoms with Crippen LogP contribution in [0.1, 0.15) is 39.0 Å². The molecule has 2 aromatic rings. The second-order valence-electron chi connectivity index (χ2n) is 5.20. The molecule has 0 spiro atoms. The highest BCUT2D eigenvalue weighted by Crippen LogP contribution is 2.23. The third-order valence-corrected chi connectivity index (χ3v) is 3.88. The summed E-state index contributed by atoms with van der Waals surface area (Å²) in [5, 5.41) is 2.98. The van der Waals surface area contributed by atoms with Gasteiger partial charge in [0, 0.05) is 31.5 Å². The van der Waals surface area contributed by atoms with E-state index in [2.05, 4.69) is 10.3 Å².